The largest absolute Gasteiger partial charge is 0.462 e. The van der Waals surface area contributed by atoms with E-state index in [4.69, 9.17) is 9.47 Å². The van der Waals surface area contributed by atoms with Crippen LogP contribution in [0.1, 0.15) is 112 Å². The molecule has 0 unspecified atom stereocenters. The minimum absolute atomic E-state index is 0. The number of unbranched alkanes of at least 4 members (excludes halogenated alkanes) is 10. The summed E-state index contributed by atoms with van der Waals surface area (Å²) in [5.41, 5.74) is 0.586. The van der Waals surface area contributed by atoms with Gasteiger partial charge in [-0.25, -0.2) is 9.59 Å². The van der Waals surface area contributed by atoms with Crippen LogP contribution in [0.5, 0.6) is 0 Å². The standard InChI is InChI=1S/C24H38O4.Sn/c1-3-5-7-9-11-15-19-27-23(25)21-17-13-14-18-22(21)24(26)28-20-16-12-10-8-6-4-2;/h13-14,17-18H,3-12,15-16,19-20H2,1-2H3;. The van der Waals surface area contributed by atoms with Gasteiger partial charge in [-0.2, -0.15) is 0 Å². The van der Waals surface area contributed by atoms with Gasteiger partial charge in [0, 0.05) is 23.9 Å². The Hall–Kier alpha value is -1.04. The summed E-state index contributed by atoms with van der Waals surface area (Å²) < 4.78 is 10.7. The van der Waals surface area contributed by atoms with Gasteiger partial charge in [-0.3, -0.25) is 0 Å². The first-order valence-electron chi connectivity index (χ1n) is 11.1. The zero-order chi connectivity index (χ0) is 20.5. The van der Waals surface area contributed by atoms with Crippen LogP contribution in [0.15, 0.2) is 24.3 Å². The molecule has 5 heteroatoms. The first-order chi connectivity index (χ1) is 13.7. The van der Waals surface area contributed by atoms with Crippen LogP contribution < -0.4 is 0 Å². The SMILES string of the molecule is CCCCCCCCOC(=O)c1ccccc1C(=O)OCCCCCCCC.[Sn]. The molecule has 0 amide bonds. The van der Waals surface area contributed by atoms with Gasteiger partial charge in [0.05, 0.1) is 24.3 Å². The Morgan fingerprint density at radius 1 is 0.621 bits per heavy atom. The Balaban J connectivity index is 0.00000784. The molecule has 0 heterocycles. The van der Waals surface area contributed by atoms with E-state index in [0.29, 0.717) is 24.3 Å². The molecular formula is C24H38O4Sn. The quantitative estimate of drug-likeness (QED) is 0.148. The monoisotopic (exact) mass is 510 g/mol. The third-order valence-corrected chi connectivity index (χ3v) is 4.83. The maximum atomic E-state index is 12.4. The van der Waals surface area contributed by atoms with Crippen molar-refractivity contribution >= 4 is 35.8 Å². The summed E-state index contributed by atoms with van der Waals surface area (Å²) in [6, 6.07) is 6.74. The van der Waals surface area contributed by atoms with Crippen molar-refractivity contribution in [1.82, 2.24) is 0 Å². The van der Waals surface area contributed by atoms with E-state index in [1.807, 2.05) is 0 Å². The first-order valence-corrected chi connectivity index (χ1v) is 11.1. The number of ether oxygens (including phenoxy) is 2. The van der Waals surface area contributed by atoms with Crippen molar-refractivity contribution in [3.63, 3.8) is 0 Å². The fraction of sp³-hybridized carbons (Fsp3) is 0.667. The van der Waals surface area contributed by atoms with Crippen molar-refractivity contribution in [3.8, 4) is 0 Å². The van der Waals surface area contributed by atoms with Crippen LogP contribution in [0.4, 0.5) is 0 Å². The fourth-order valence-corrected chi connectivity index (χ4v) is 3.09. The normalized spacial score (nSPS) is 10.3. The van der Waals surface area contributed by atoms with Crippen molar-refractivity contribution in [3.05, 3.63) is 35.4 Å². The summed E-state index contributed by atoms with van der Waals surface area (Å²) in [6.07, 6.45) is 13.6. The van der Waals surface area contributed by atoms with Gasteiger partial charge < -0.3 is 9.47 Å². The molecule has 1 aromatic carbocycles. The average molecular weight is 509 g/mol. The van der Waals surface area contributed by atoms with Crippen LogP contribution in [0, 0.1) is 0 Å². The molecule has 1 aromatic rings. The molecule has 4 radical (unpaired) electrons. The molecule has 0 bridgehead atoms. The Kier molecular flexibility index (Phi) is 18.3. The summed E-state index contributed by atoms with van der Waals surface area (Å²) >= 11 is 0. The van der Waals surface area contributed by atoms with E-state index in [1.165, 1.54) is 51.4 Å². The van der Waals surface area contributed by atoms with Gasteiger partial charge in [0.15, 0.2) is 0 Å². The van der Waals surface area contributed by atoms with Crippen LogP contribution in [0.3, 0.4) is 0 Å². The Bertz CT molecular complexity index is 511. The van der Waals surface area contributed by atoms with E-state index in [1.54, 1.807) is 24.3 Å². The van der Waals surface area contributed by atoms with E-state index >= 15 is 0 Å². The minimum atomic E-state index is -0.444. The number of carbonyl (C=O) groups excluding carboxylic acids is 2. The predicted octanol–water partition coefficient (Wildman–Crippen LogP) is 6.34. The second kappa shape index (κ2) is 19.0. The van der Waals surface area contributed by atoms with E-state index in [-0.39, 0.29) is 23.9 Å². The van der Waals surface area contributed by atoms with Gasteiger partial charge in [0.1, 0.15) is 0 Å². The summed E-state index contributed by atoms with van der Waals surface area (Å²) in [4.78, 5) is 24.7. The summed E-state index contributed by atoms with van der Waals surface area (Å²) in [7, 11) is 0. The van der Waals surface area contributed by atoms with Gasteiger partial charge in [-0.05, 0) is 25.0 Å². The van der Waals surface area contributed by atoms with Crippen molar-refractivity contribution in [2.45, 2.75) is 90.9 Å². The molecule has 0 fully saturated rings. The second-order valence-corrected chi connectivity index (χ2v) is 7.35. The minimum Gasteiger partial charge on any atom is -0.462 e. The number of hydrogen-bond donors (Lipinski definition) is 0. The molecule has 0 aliphatic rings. The summed E-state index contributed by atoms with van der Waals surface area (Å²) in [5.74, 6) is -0.888. The van der Waals surface area contributed by atoms with Gasteiger partial charge in [0.2, 0.25) is 0 Å². The first kappa shape index (κ1) is 28.0. The fourth-order valence-electron chi connectivity index (χ4n) is 3.09. The third-order valence-electron chi connectivity index (χ3n) is 4.83. The summed E-state index contributed by atoms with van der Waals surface area (Å²) in [5, 5.41) is 0. The van der Waals surface area contributed by atoms with E-state index in [0.717, 1.165) is 25.7 Å². The van der Waals surface area contributed by atoms with Crippen LogP contribution >= 0.6 is 0 Å². The zero-order valence-corrected chi connectivity index (χ0v) is 21.2. The molecule has 29 heavy (non-hydrogen) atoms. The van der Waals surface area contributed by atoms with Crippen LogP contribution in [-0.4, -0.2) is 49.1 Å². The van der Waals surface area contributed by atoms with Gasteiger partial charge >= 0.3 is 11.9 Å². The van der Waals surface area contributed by atoms with E-state index < -0.39 is 11.9 Å². The predicted molar refractivity (Wildman–Crippen MR) is 120 cm³/mol. The maximum absolute atomic E-state index is 12.4. The van der Waals surface area contributed by atoms with Crippen molar-refractivity contribution < 1.29 is 19.1 Å². The number of rotatable bonds is 16. The molecule has 0 aliphatic carbocycles. The van der Waals surface area contributed by atoms with Crippen LogP contribution in [-0.2, 0) is 9.47 Å². The zero-order valence-electron chi connectivity index (χ0n) is 18.3. The molecule has 0 saturated heterocycles. The second-order valence-electron chi connectivity index (χ2n) is 7.35. The topological polar surface area (TPSA) is 52.6 Å². The van der Waals surface area contributed by atoms with E-state index in [2.05, 4.69) is 13.8 Å². The number of esters is 2. The van der Waals surface area contributed by atoms with Crippen LogP contribution in [0.2, 0.25) is 0 Å². The molecule has 1 rings (SSSR count). The average Bonchev–Trinajstić information content (AvgIpc) is 2.72. The third kappa shape index (κ3) is 13.0. The number of hydrogen-bond acceptors (Lipinski definition) is 4. The van der Waals surface area contributed by atoms with Crippen molar-refractivity contribution in [2.75, 3.05) is 13.2 Å². The van der Waals surface area contributed by atoms with Crippen LogP contribution in [0.25, 0.3) is 0 Å². The molecule has 0 saturated carbocycles. The molecule has 162 valence electrons. The molecule has 0 aromatic heterocycles. The maximum Gasteiger partial charge on any atom is 0.339 e. The Labute approximate surface area is 194 Å². The number of carbonyl (C=O) groups is 2. The van der Waals surface area contributed by atoms with Crippen molar-refractivity contribution in [1.29, 1.82) is 0 Å². The summed E-state index contributed by atoms with van der Waals surface area (Å²) in [6.45, 7) is 5.17. The molecule has 0 aliphatic heterocycles. The molecular weight excluding hydrogens is 471 g/mol. The molecule has 0 spiro atoms. The smallest absolute Gasteiger partial charge is 0.339 e. The molecule has 0 N–H and O–H groups in total. The van der Waals surface area contributed by atoms with Gasteiger partial charge in [-0.1, -0.05) is 90.2 Å². The Morgan fingerprint density at radius 3 is 1.34 bits per heavy atom. The van der Waals surface area contributed by atoms with Gasteiger partial charge in [0.25, 0.3) is 0 Å². The Morgan fingerprint density at radius 2 is 0.966 bits per heavy atom. The van der Waals surface area contributed by atoms with Gasteiger partial charge in [-0.15, -0.1) is 0 Å². The molecule has 0 atom stereocenters. The van der Waals surface area contributed by atoms with E-state index in [9.17, 15) is 9.59 Å². The number of benzene rings is 1. The van der Waals surface area contributed by atoms with Crippen molar-refractivity contribution in [2.24, 2.45) is 0 Å². The molecule has 4 nitrogen and oxygen atoms in total.